The van der Waals surface area contributed by atoms with Crippen LogP contribution in [0.25, 0.3) is 11.3 Å². The van der Waals surface area contributed by atoms with E-state index in [1.54, 1.807) is 24.7 Å². The largest absolute Gasteiger partial charge is 0.337 e. The summed E-state index contributed by atoms with van der Waals surface area (Å²) in [5.74, 6) is 0. The lowest BCUT2D eigenvalue weighted by Crippen LogP contribution is -2.17. The van der Waals surface area contributed by atoms with Gasteiger partial charge in [-0.2, -0.15) is 0 Å². The van der Waals surface area contributed by atoms with E-state index in [2.05, 4.69) is 9.55 Å². The second kappa shape index (κ2) is 9.06. The predicted octanol–water partition coefficient (Wildman–Crippen LogP) is 5.30. The van der Waals surface area contributed by atoms with Crippen molar-refractivity contribution in [2.45, 2.75) is 19.5 Å². The Morgan fingerprint density at radius 3 is 2.80 bits per heavy atom. The van der Waals surface area contributed by atoms with E-state index < -0.39 is 0 Å². The molecule has 0 atom stereocenters. The van der Waals surface area contributed by atoms with Crippen molar-refractivity contribution in [3.05, 3.63) is 92.6 Å². The van der Waals surface area contributed by atoms with Crippen molar-refractivity contribution in [2.24, 2.45) is 4.99 Å². The fraction of sp³-hybridized carbons (Fsp3) is 0.143. The Kier molecular flexibility index (Phi) is 6.06. The molecular weight excluding hydrogens is 422 g/mol. The van der Waals surface area contributed by atoms with Crippen LogP contribution in [0.2, 0.25) is 5.02 Å². The van der Waals surface area contributed by atoms with E-state index >= 15 is 0 Å². The van der Waals surface area contributed by atoms with Crippen LogP contribution in [0.3, 0.4) is 0 Å². The minimum Gasteiger partial charge on any atom is -0.337 e. The molecule has 152 valence electrons. The van der Waals surface area contributed by atoms with Crippen molar-refractivity contribution in [3.8, 4) is 11.3 Å². The highest BCUT2D eigenvalue weighted by atomic mass is 35.5. The number of hydrogen-bond acceptors (Lipinski definition) is 5. The smallest absolute Gasteiger partial charge is 0.270 e. The van der Waals surface area contributed by atoms with Crippen LogP contribution in [-0.2, 0) is 13.1 Å². The van der Waals surface area contributed by atoms with E-state index in [0.717, 1.165) is 34.7 Å². The highest BCUT2D eigenvalue weighted by Crippen LogP contribution is 2.25. The molecular formula is C21H18ClN5O2S. The first-order chi connectivity index (χ1) is 14.6. The van der Waals surface area contributed by atoms with E-state index in [0.29, 0.717) is 11.6 Å². The fourth-order valence-corrected chi connectivity index (χ4v) is 4.27. The zero-order valence-electron chi connectivity index (χ0n) is 15.9. The van der Waals surface area contributed by atoms with Gasteiger partial charge in [0.2, 0.25) is 0 Å². The molecule has 0 bridgehead atoms. The van der Waals surface area contributed by atoms with Crippen LogP contribution >= 0.6 is 22.9 Å². The lowest BCUT2D eigenvalue weighted by molar-refractivity contribution is -0.384. The van der Waals surface area contributed by atoms with Gasteiger partial charge in [-0.25, -0.2) is 9.98 Å². The van der Waals surface area contributed by atoms with Gasteiger partial charge in [0, 0.05) is 53.6 Å². The third-order valence-corrected chi connectivity index (χ3v) is 5.64. The van der Waals surface area contributed by atoms with E-state index in [9.17, 15) is 10.1 Å². The maximum absolute atomic E-state index is 11.2. The van der Waals surface area contributed by atoms with Crippen LogP contribution in [0.1, 0.15) is 6.42 Å². The molecule has 0 fully saturated rings. The molecule has 4 aromatic rings. The third kappa shape index (κ3) is 4.67. The van der Waals surface area contributed by atoms with Crippen molar-refractivity contribution in [1.82, 2.24) is 14.1 Å². The van der Waals surface area contributed by atoms with Gasteiger partial charge in [0.1, 0.15) is 0 Å². The number of thiazole rings is 1. The molecule has 2 aromatic carbocycles. The van der Waals surface area contributed by atoms with Crippen LogP contribution in [0.15, 0.2) is 77.6 Å². The van der Waals surface area contributed by atoms with E-state index in [-0.39, 0.29) is 10.6 Å². The maximum Gasteiger partial charge on any atom is 0.270 e. The quantitative estimate of drug-likeness (QED) is 0.289. The SMILES string of the molecule is O=[N+]([O-])c1cccc(-c2csc(=Nc3cccc(Cl)c3)n2CCCn2ccnc2)c1. The minimum atomic E-state index is -0.378. The average Bonchev–Trinajstić information content (AvgIpc) is 3.39. The standard InChI is InChI=1S/C21H18ClN5O2S/c22-17-5-2-6-18(13-17)24-21-26(10-3-9-25-11-8-23-15-25)20(14-30-21)16-4-1-7-19(12-16)27(28)29/h1-2,4-8,11-15H,3,9-10H2. The summed E-state index contributed by atoms with van der Waals surface area (Å²) in [5, 5.41) is 13.8. The molecule has 0 N–H and O–H groups in total. The Bertz CT molecular complexity index is 1230. The number of rotatable bonds is 7. The predicted molar refractivity (Wildman–Crippen MR) is 118 cm³/mol. The van der Waals surface area contributed by atoms with Gasteiger partial charge in [-0.15, -0.1) is 11.3 Å². The van der Waals surface area contributed by atoms with Gasteiger partial charge in [-0.3, -0.25) is 10.1 Å². The molecule has 0 aliphatic carbocycles. The summed E-state index contributed by atoms with van der Waals surface area (Å²) in [6.07, 6.45) is 6.33. The Morgan fingerprint density at radius 1 is 1.17 bits per heavy atom. The number of non-ortho nitro benzene ring substituents is 1. The first kappa shape index (κ1) is 20.1. The van der Waals surface area contributed by atoms with Crippen molar-refractivity contribution in [2.75, 3.05) is 0 Å². The van der Waals surface area contributed by atoms with Gasteiger partial charge in [0.25, 0.3) is 5.69 Å². The fourth-order valence-electron chi connectivity index (χ4n) is 3.13. The van der Waals surface area contributed by atoms with Crippen LogP contribution in [0.5, 0.6) is 0 Å². The third-order valence-electron chi connectivity index (χ3n) is 4.54. The minimum absolute atomic E-state index is 0.0667. The zero-order valence-corrected chi connectivity index (χ0v) is 17.5. The van der Waals surface area contributed by atoms with E-state index in [4.69, 9.17) is 16.6 Å². The highest BCUT2D eigenvalue weighted by Gasteiger charge is 2.12. The summed E-state index contributed by atoms with van der Waals surface area (Å²) in [6.45, 7) is 1.52. The van der Waals surface area contributed by atoms with E-state index in [1.807, 2.05) is 46.5 Å². The number of halogens is 1. The molecule has 0 spiro atoms. The van der Waals surface area contributed by atoms with Crippen molar-refractivity contribution < 1.29 is 4.92 Å². The molecule has 0 amide bonds. The number of benzene rings is 2. The van der Waals surface area contributed by atoms with E-state index in [1.165, 1.54) is 17.4 Å². The second-order valence-electron chi connectivity index (χ2n) is 6.61. The van der Waals surface area contributed by atoms with Crippen LogP contribution in [0, 0.1) is 10.1 Å². The molecule has 0 unspecified atom stereocenters. The lowest BCUT2D eigenvalue weighted by atomic mass is 10.1. The number of aromatic nitrogens is 3. The monoisotopic (exact) mass is 439 g/mol. The molecule has 2 aromatic heterocycles. The molecule has 30 heavy (non-hydrogen) atoms. The lowest BCUT2D eigenvalue weighted by Gasteiger charge is -2.10. The normalized spacial score (nSPS) is 11.7. The first-order valence-electron chi connectivity index (χ1n) is 9.29. The number of nitro benzene ring substituents is 1. The molecule has 0 aliphatic heterocycles. The number of nitro groups is 1. The van der Waals surface area contributed by atoms with Gasteiger partial charge >= 0.3 is 0 Å². The topological polar surface area (TPSA) is 78.2 Å². The molecule has 9 heteroatoms. The molecule has 2 heterocycles. The summed E-state index contributed by atoms with van der Waals surface area (Å²) in [5.41, 5.74) is 2.51. The zero-order chi connectivity index (χ0) is 20.9. The Hall–Kier alpha value is -3.23. The second-order valence-corrected chi connectivity index (χ2v) is 7.88. The van der Waals surface area contributed by atoms with Crippen LogP contribution < -0.4 is 4.80 Å². The Morgan fingerprint density at radius 2 is 2.03 bits per heavy atom. The summed E-state index contributed by atoms with van der Waals surface area (Å²) in [4.78, 5) is 20.5. The highest BCUT2D eigenvalue weighted by molar-refractivity contribution is 7.07. The summed E-state index contributed by atoms with van der Waals surface area (Å²) < 4.78 is 4.12. The average molecular weight is 440 g/mol. The molecule has 0 radical (unpaired) electrons. The molecule has 4 rings (SSSR count). The maximum atomic E-state index is 11.2. The van der Waals surface area contributed by atoms with Crippen molar-refractivity contribution >= 4 is 34.3 Å². The van der Waals surface area contributed by atoms with Crippen LogP contribution in [-0.4, -0.2) is 19.0 Å². The summed E-state index contributed by atoms with van der Waals surface area (Å²) >= 11 is 7.60. The van der Waals surface area contributed by atoms with Gasteiger partial charge in [0.05, 0.1) is 22.6 Å². The summed E-state index contributed by atoms with van der Waals surface area (Å²) in [6, 6.07) is 14.0. The van der Waals surface area contributed by atoms with Crippen molar-refractivity contribution in [1.29, 1.82) is 0 Å². The van der Waals surface area contributed by atoms with Gasteiger partial charge < -0.3 is 9.13 Å². The van der Waals surface area contributed by atoms with Gasteiger partial charge in [-0.1, -0.05) is 29.8 Å². The number of imidazole rings is 1. The Balaban J connectivity index is 1.73. The molecule has 0 saturated carbocycles. The van der Waals surface area contributed by atoms with Gasteiger partial charge in [0.15, 0.2) is 4.80 Å². The molecule has 0 saturated heterocycles. The van der Waals surface area contributed by atoms with Gasteiger partial charge in [-0.05, 0) is 24.6 Å². The Labute approximate surface area is 181 Å². The number of hydrogen-bond donors (Lipinski definition) is 0. The van der Waals surface area contributed by atoms with Crippen LogP contribution in [0.4, 0.5) is 11.4 Å². The molecule has 7 nitrogen and oxygen atoms in total. The molecule has 0 aliphatic rings. The van der Waals surface area contributed by atoms with Crippen molar-refractivity contribution in [3.63, 3.8) is 0 Å². The summed E-state index contributed by atoms with van der Waals surface area (Å²) in [7, 11) is 0. The number of nitrogens with zero attached hydrogens (tertiary/aromatic N) is 5. The first-order valence-corrected chi connectivity index (χ1v) is 10.5. The number of aryl methyl sites for hydroxylation is 1.